The largest absolute Gasteiger partial charge is 0.484 e. The molecule has 2 amide bonds. The molecule has 11 heteroatoms. The lowest BCUT2D eigenvalue weighted by molar-refractivity contribution is -0.135. The first kappa shape index (κ1) is 22.5. The van der Waals surface area contributed by atoms with E-state index in [9.17, 15) is 14.4 Å². The van der Waals surface area contributed by atoms with Crippen LogP contribution in [0.1, 0.15) is 18.4 Å². The van der Waals surface area contributed by atoms with Crippen LogP contribution in [0.4, 0.5) is 0 Å². The molecule has 1 unspecified atom stereocenters. The number of carbonyl (C=O) groups is 3. The average molecular weight is 446 g/mol. The van der Waals surface area contributed by atoms with E-state index in [0.717, 1.165) is 42.8 Å². The molecule has 1 aromatic carbocycles. The maximum absolute atomic E-state index is 11.8. The summed E-state index contributed by atoms with van der Waals surface area (Å²) in [6.45, 7) is 1.17. The third-order valence-electron chi connectivity index (χ3n) is 4.26. The number of nitrogens with zero attached hydrogens (tertiary/aromatic N) is 2. The molecule has 0 aliphatic carbocycles. The second-order valence-corrected chi connectivity index (χ2v) is 7.57. The molecule has 164 valence electrons. The zero-order valence-electron chi connectivity index (χ0n) is 16.8. The van der Waals surface area contributed by atoms with Crippen molar-refractivity contribution < 1.29 is 28.6 Å². The predicted molar refractivity (Wildman–Crippen MR) is 115 cm³/mol. The van der Waals surface area contributed by atoms with E-state index >= 15 is 0 Å². The summed E-state index contributed by atoms with van der Waals surface area (Å²) in [5.74, 6) is -0.712. The van der Waals surface area contributed by atoms with Crippen LogP contribution in [0, 0.1) is 0 Å². The molecule has 1 atom stereocenters. The van der Waals surface area contributed by atoms with Gasteiger partial charge in [-0.15, -0.1) is 5.10 Å². The smallest absolute Gasteiger partial charge is 0.331 e. The fourth-order valence-corrected chi connectivity index (χ4v) is 3.41. The molecule has 31 heavy (non-hydrogen) atoms. The van der Waals surface area contributed by atoms with Crippen molar-refractivity contribution in [1.82, 2.24) is 10.6 Å². The molecule has 10 nitrogen and oxygen atoms in total. The van der Waals surface area contributed by atoms with Gasteiger partial charge < -0.3 is 19.5 Å². The Morgan fingerprint density at radius 3 is 2.87 bits per heavy atom. The topological polar surface area (TPSA) is 128 Å². The zero-order valence-corrected chi connectivity index (χ0v) is 17.6. The molecular formula is C20H22N4O6S. The number of hydrogen-bond acceptors (Lipinski definition) is 9. The summed E-state index contributed by atoms with van der Waals surface area (Å²) >= 11 is 0.991. The fourth-order valence-electron chi connectivity index (χ4n) is 2.67. The van der Waals surface area contributed by atoms with Crippen LogP contribution in [-0.4, -0.2) is 62.1 Å². The van der Waals surface area contributed by atoms with Gasteiger partial charge in [-0.2, -0.15) is 5.10 Å². The third-order valence-corrected chi connectivity index (χ3v) is 5.16. The van der Waals surface area contributed by atoms with E-state index in [1.807, 2.05) is 0 Å². The summed E-state index contributed by atoms with van der Waals surface area (Å²) in [6, 6.07) is 6.94. The number of methoxy groups -OCH3 is 1. The number of rotatable bonds is 8. The summed E-state index contributed by atoms with van der Waals surface area (Å²) in [5.41, 5.74) is 0.749. The first-order chi connectivity index (χ1) is 15.0. The number of nitrogens with one attached hydrogen (secondary N) is 2. The van der Waals surface area contributed by atoms with E-state index in [1.165, 1.54) is 13.3 Å². The number of benzene rings is 1. The molecule has 2 N–H and O–H groups in total. The molecule has 3 rings (SSSR count). The highest BCUT2D eigenvalue weighted by Crippen LogP contribution is 2.23. The van der Waals surface area contributed by atoms with E-state index < -0.39 is 11.9 Å². The molecule has 2 aliphatic heterocycles. The summed E-state index contributed by atoms with van der Waals surface area (Å²) in [4.78, 5) is 35.0. The molecule has 2 fully saturated rings. The second kappa shape index (κ2) is 11.3. The van der Waals surface area contributed by atoms with Gasteiger partial charge in [0.15, 0.2) is 11.8 Å². The second-order valence-electron chi connectivity index (χ2n) is 6.53. The normalized spacial score (nSPS) is 20.9. The van der Waals surface area contributed by atoms with Crippen LogP contribution < -0.4 is 15.4 Å². The van der Waals surface area contributed by atoms with E-state index in [-0.39, 0.29) is 28.7 Å². The minimum Gasteiger partial charge on any atom is -0.484 e. The number of hydrogen-bond donors (Lipinski definition) is 2. The molecule has 2 aliphatic rings. The van der Waals surface area contributed by atoms with Crippen molar-refractivity contribution in [3.8, 4) is 5.75 Å². The van der Waals surface area contributed by atoms with Gasteiger partial charge in [-0.3, -0.25) is 14.9 Å². The van der Waals surface area contributed by atoms with Gasteiger partial charge in [0.25, 0.3) is 11.8 Å². The SMILES string of the molecule is COC(=O)/C=C1/S/C(=N\N=Cc2ccc(OCC(=O)NCC3CCCO3)cc2)NC1=O. The molecule has 0 saturated carbocycles. The van der Waals surface area contributed by atoms with Crippen LogP contribution in [-0.2, 0) is 23.9 Å². The van der Waals surface area contributed by atoms with Crippen LogP contribution in [0.5, 0.6) is 5.75 Å². The molecule has 0 aromatic heterocycles. The van der Waals surface area contributed by atoms with Gasteiger partial charge in [-0.1, -0.05) is 0 Å². The van der Waals surface area contributed by atoms with Gasteiger partial charge in [0.1, 0.15) is 5.75 Å². The molecule has 0 bridgehead atoms. The highest BCUT2D eigenvalue weighted by atomic mass is 32.2. The van der Waals surface area contributed by atoms with Gasteiger partial charge in [-0.05, 0) is 54.4 Å². The van der Waals surface area contributed by atoms with Gasteiger partial charge in [0, 0.05) is 19.2 Å². The molecule has 0 spiro atoms. The van der Waals surface area contributed by atoms with Crippen molar-refractivity contribution >= 4 is 40.9 Å². The van der Waals surface area contributed by atoms with Crippen molar-refractivity contribution in [2.75, 3.05) is 26.9 Å². The van der Waals surface area contributed by atoms with Crippen molar-refractivity contribution in [2.24, 2.45) is 10.2 Å². The van der Waals surface area contributed by atoms with E-state index in [1.54, 1.807) is 24.3 Å². The van der Waals surface area contributed by atoms with Gasteiger partial charge in [0.2, 0.25) is 0 Å². The Morgan fingerprint density at radius 2 is 2.16 bits per heavy atom. The van der Waals surface area contributed by atoms with Crippen LogP contribution in [0.2, 0.25) is 0 Å². The molecule has 1 aromatic rings. The average Bonchev–Trinajstić information content (AvgIpc) is 3.41. The lowest BCUT2D eigenvalue weighted by Crippen LogP contribution is -2.35. The Labute approximate surface area is 183 Å². The van der Waals surface area contributed by atoms with Crippen LogP contribution in [0.15, 0.2) is 45.4 Å². The summed E-state index contributed by atoms with van der Waals surface area (Å²) < 4.78 is 15.4. The molecule has 0 radical (unpaired) electrons. The van der Waals surface area contributed by atoms with Crippen LogP contribution in [0.3, 0.4) is 0 Å². The fraction of sp³-hybridized carbons (Fsp3) is 0.350. The Hall–Kier alpha value is -3.18. The first-order valence-corrected chi connectivity index (χ1v) is 10.4. The monoisotopic (exact) mass is 446 g/mol. The van der Waals surface area contributed by atoms with Gasteiger partial charge >= 0.3 is 5.97 Å². The quantitative estimate of drug-likeness (QED) is 0.264. The Kier molecular flexibility index (Phi) is 8.19. The minimum atomic E-state index is -0.620. The summed E-state index contributed by atoms with van der Waals surface area (Å²) in [6.07, 6.45) is 4.68. The lowest BCUT2D eigenvalue weighted by atomic mass is 10.2. The highest BCUT2D eigenvalue weighted by molar-refractivity contribution is 8.18. The van der Waals surface area contributed by atoms with Crippen molar-refractivity contribution in [2.45, 2.75) is 18.9 Å². The maximum atomic E-state index is 11.8. The van der Waals surface area contributed by atoms with Crippen molar-refractivity contribution in [3.63, 3.8) is 0 Å². The minimum absolute atomic E-state index is 0.0772. The van der Waals surface area contributed by atoms with E-state index in [4.69, 9.17) is 9.47 Å². The zero-order chi connectivity index (χ0) is 22.1. The summed E-state index contributed by atoms with van der Waals surface area (Å²) in [5, 5.41) is 13.4. The Bertz CT molecular complexity index is 907. The lowest BCUT2D eigenvalue weighted by Gasteiger charge is -2.11. The van der Waals surface area contributed by atoms with E-state index in [2.05, 4.69) is 25.6 Å². The first-order valence-electron chi connectivity index (χ1n) is 9.54. The van der Waals surface area contributed by atoms with Crippen LogP contribution in [0.25, 0.3) is 0 Å². The Morgan fingerprint density at radius 1 is 1.35 bits per heavy atom. The van der Waals surface area contributed by atoms with Crippen molar-refractivity contribution in [3.05, 3.63) is 40.8 Å². The number of ether oxygens (including phenoxy) is 3. The standard InChI is InChI=1S/C20H22N4O6S/c1-28-18(26)9-16-19(27)23-20(31-16)24-22-10-13-4-6-14(7-5-13)30-12-17(25)21-11-15-3-2-8-29-15/h4-7,9-10,15H,2-3,8,11-12H2,1H3,(H,21,25)(H,23,24,27)/b16-9+,22-10?. The maximum Gasteiger partial charge on any atom is 0.331 e. The van der Waals surface area contributed by atoms with Crippen molar-refractivity contribution in [1.29, 1.82) is 0 Å². The third kappa shape index (κ3) is 7.23. The molecule has 2 saturated heterocycles. The van der Waals surface area contributed by atoms with E-state index in [0.29, 0.717) is 12.3 Å². The number of esters is 1. The Balaban J connectivity index is 1.43. The van der Waals surface area contributed by atoms with Gasteiger partial charge in [0.05, 0.1) is 24.3 Å². The van der Waals surface area contributed by atoms with Crippen LogP contribution >= 0.6 is 11.8 Å². The van der Waals surface area contributed by atoms with Gasteiger partial charge in [-0.25, -0.2) is 4.79 Å². The molecule has 2 heterocycles. The molecular weight excluding hydrogens is 424 g/mol. The number of thioether (sulfide) groups is 1. The number of amidine groups is 1. The number of amides is 2. The predicted octanol–water partition coefficient (Wildman–Crippen LogP) is 0.970. The number of carbonyl (C=O) groups excluding carboxylic acids is 3. The summed E-state index contributed by atoms with van der Waals surface area (Å²) in [7, 11) is 1.23. The highest BCUT2D eigenvalue weighted by Gasteiger charge is 2.25.